The van der Waals surface area contributed by atoms with Crippen LogP contribution in [-0.4, -0.2) is 28.9 Å². The van der Waals surface area contributed by atoms with Gasteiger partial charge >= 0.3 is 5.97 Å². The second-order valence-corrected chi connectivity index (χ2v) is 9.16. The summed E-state index contributed by atoms with van der Waals surface area (Å²) < 4.78 is 5.31. The Bertz CT molecular complexity index is 739. The fourth-order valence-electron chi connectivity index (χ4n) is 5.44. The van der Waals surface area contributed by atoms with Crippen molar-refractivity contribution in [1.29, 1.82) is 0 Å². The van der Waals surface area contributed by atoms with Crippen molar-refractivity contribution >= 4 is 5.97 Å². The smallest absolute Gasteiger partial charge is 0.343 e. The monoisotopic (exact) mass is 372 g/mol. The summed E-state index contributed by atoms with van der Waals surface area (Å²) >= 11 is 0. The lowest BCUT2D eigenvalue weighted by atomic mass is 9.46. The van der Waals surface area contributed by atoms with Crippen LogP contribution < -0.4 is 0 Å². The van der Waals surface area contributed by atoms with Gasteiger partial charge in [0.2, 0.25) is 0 Å². The fraction of sp³-hybridized carbons (Fsp3) is 0.609. The molecule has 0 saturated heterocycles. The first-order chi connectivity index (χ1) is 12.6. The van der Waals surface area contributed by atoms with Gasteiger partial charge in [-0.2, -0.15) is 0 Å². The summed E-state index contributed by atoms with van der Waals surface area (Å²) in [6.07, 6.45) is 8.63. The maximum atomic E-state index is 12.1. The molecule has 1 aliphatic heterocycles. The van der Waals surface area contributed by atoms with Crippen LogP contribution in [-0.2, 0) is 9.53 Å². The van der Waals surface area contributed by atoms with E-state index in [9.17, 15) is 15.0 Å². The number of rotatable bonds is 3. The van der Waals surface area contributed by atoms with Crippen molar-refractivity contribution in [3.63, 3.8) is 0 Å². The summed E-state index contributed by atoms with van der Waals surface area (Å²) in [5, 5.41) is 20.6. The second kappa shape index (κ2) is 7.06. The molecule has 3 aliphatic rings. The predicted octanol–water partition coefficient (Wildman–Crippen LogP) is 4.06. The molecule has 3 rings (SSSR count). The third kappa shape index (κ3) is 3.23. The molecular weight excluding hydrogens is 340 g/mol. The first-order valence-electron chi connectivity index (χ1n) is 9.89. The average molecular weight is 373 g/mol. The van der Waals surface area contributed by atoms with Gasteiger partial charge in [0.05, 0.1) is 18.3 Å². The Morgan fingerprint density at radius 1 is 1.37 bits per heavy atom. The number of carbonyl (C=O) groups excluding carboxylic acids is 1. The predicted molar refractivity (Wildman–Crippen MR) is 106 cm³/mol. The molecule has 1 heterocycles. The van der Waals surface area contributed by atoms with Crippen molar-refractivity contribution < 1.29 is 19.7 Å². The number of aliphatic hydroxyl groups excluding tert-OH is 2. The van der Waals surface area contributed by atoms with Crippen LogP contribution in [0.25, 0.3) is 0 Å². The van der Waals surface area contributed by atoms with Crippen LogP contribution in [0.4, 0.5) is 0 Å². The molecular formula is C23H32O4. The molecule has 5 atom stereocenters. The minimum absolute atomic E-state index is 0.0151. The van der Waals surface area contributed by atoms with E-state index in [2.05, 4.69) is 19.6 Å². The van der Waals surface area contributed by atoms with Gasteiger partial charge in [-0.05, 0) is 62.5 Å². The van der Waals surface area contributed by atoms with E-state index < -0.39 is 11.5 Å². The number of hydrogen-bond acceptors (Lipinski definition) is 4. The molecule has 2 N–H and O–H groups in total. The fourth-order valence-corrected chi connectivity index (χ4v) is 5.44. The summed E-state index contributed by atoms with van der Waals surface area (Å²) in [5.74, 6) is 0.625. The van der Waals surface area contributed by atoms with Crippen LogP contribution >= 0.6 is 0 Å². The molecule has 2 saturated carbocycles. The molecule has 4 nitrogen and oxygen atoms in total. The Morgan fingerprint density at radius 2 is 2.07 bits per heavy atom. The van der Waals surface area contributed by atoms with Gasteiger partial charge in [-0.15, -0.1) is 0 Å². The van der Waals surface area contributed by atoms with Crippen molar-refractivity contribution in [2.45, 2.75) is 59.5 Å². The maximum Gasteiger partial charge on any atom is 0.343 e. The summed E-state index contributed by atoms with van der Waals surface area (Å²) in [4.78, 5) is 12.1. The molecule has 0 unspecified atom stereocenters. The second-order valence-electron chi connectivity index (χ2n) is 9.16. The molecule has 0 aromatic carbocycles. The third-order valence-electron chi connectivity index (χ3n) is 7.24. The van der Waals surface area contributed by atoms with E-state index in [-0.39, 0.29) is 29.8 Å². The highest BCUT2D eigenvalue weighted by Gasteiger charge is 2.57. The molecule has 0 radical (unpaired) electrons. The topological polar surface area (TPSA) is 66.8 Å². The van der Waals surface area contributed by atoms with Crippen LogP contribution in [0.5, 0.6) is 0 Å². The lowest BCUT2D eigenvalue weighted by Gasteiger charge is -2.59. The van der Waals surface area contributed by atoms with Crippen LogP contribution in [0.1, 0.15) is 53.4 Å². The molecule has 148 valence electrons. The van der Waals surface area contributed by atoms with Gasteiger partial charge in [0, 0.05) is 11.3 Å². The lowest BCUT2D eigenvalue weighted by molar-refractivity contribution is -0.145. The number of esters is 1. The number of carbonyl (C=O) groups is 1. The van der Waals surface area contributed by atoms with E-state index >= 15 is 0 Å². The zero-order chi connectivity index (χ0) is 20.0. The standard InChI is InChI=1S/C23H32O4/c1-14(2)18-12-16(21(26)27-18)7-8-17-15(3)6-9-19-22(17,4)11-10-20(25)23(19,5)13-24/h7-8,12,17,19-20,24-25H,3,6,9-11,13H2,1-2,4-5H3/b8-7+/t17-,19+,20-,22+,23+/m1/s1. The lowest BCUT2D eigenvalue weighted by Crippen LogP contribution is -2.57. The first-order valence-corrected chi connectivity index (χ1v) is 9.89. The number of allylic oxidation sites excluding steroid dienone is 4. The summed E-state index contributed by atoms with van der Waals surface area (Å²) in [5.41, 5.74) is 2.10. The van der Waals surface area contributed by atoms with Crippen molar-refractivity contribution in [2.24, 2.45) is 22.7 Å². The first kappa shape index (κ1) is 20.1. The Hall–Kier alpha value is -1.65. The van der Waals surface area contributed by atoms with E-state index in [0.29, 0.717) is 17.8 Å². The van der Waals surface area contributed by atoms with Crippen molar-refractivity contribution in [3.8, 4) is 0 Å². The largest absolute Gasteiger partial charge is 0.423 e. The zero-order valence-corrected chi connectivity index (χ0v) is 16.9. The van der Waals surface area contributed by atoms with E-state index in [1.807, 2.05) is 26.8 Å². The van der Waals surface area contributed by atoms with Gasteiger partial charge in [-0.1, -0.05) is 38.2 Å². The highest BCUT2D eigenvalue weighted by atomic mass is 16.5. The molecule has 2 fully saturated rings. The van der Waals surface area contributed by atoms with Crippen LogP contribution in [0.15, 0.2) is 47.3 Å². The number of ether oxygens (including phenoxy) is 1. The SMILES string of the molecule is C=C1CC[C@@H]2[C@](C)(CO)[C@H](O)CC[C@@]2(C)[C@@H]1/C=C/C1=CC(=C(C)C)OC1=O. The van der Waals surface area contributed by atoms with E-state index in [0.717, 1.165) is 30.4 Å². The maximum absolute atomic E-state index is 12.1. The van der Waals surface area contributed by atoms with Gasteiger partial charge in [0.15, 0.2) is 0 Å². The summed E-state index contributed by atoms with van der Waals surface area (Å²) in [7, 11) is 0. The van der Waals surface area contributed by atoms with Crippen LogP contribution in [0.3, 0.4) is 0 Å². The van der Waals surface area contributed by atoms with Crippen LogP contribution in [0.2, 0.25) is 0 Å². The Morgan fingerprint density at radius 3 is 2.67 bits per heavy atom. The van der Waals surface area contributed by atoms with Crippen molar-refractivity contribution in [2.75, 3.05) is 6.61 Å². The minimum Gasteiger partial charge on any atom is -0.423 e. The molecule has 0 bridgehead atoms. The van der Waals surface area contributed by atoms with Gasteiger partial charge in [-0.3, -0.25) is 0 Å². The molecule has 27 heavy (non-hydrogen) atoms. The van der Waals surface area contributed by atoms with Gasteiger partial charge in [-0.25, -0.2) is 4.79 Å². The number of fused-ring (bicyclic) bond motifs is 1. The highest BCUT2D eigenvalue weighted by Crippen LogP contribution is 2.61. The highest BCUT2D eigenvalue weighted by molar-refractivity contribution is 5.95. The minimum atomic E-state index is -0.499. The Balaban J connectivity index is 1.93. The normalized spacial score (nSPS) is 39.4. The summed E-state index contributed by atoms with van der Waals surface area (Å²) in [6, 6.07) is 0. The molecule has 2 aliphatic carbocycles. The number of hydrogen-bond donors (Lipinski definition) is 2. The quantitative estimate of drug-likeness (QED) is 0.579. The zero-order valence-electron chi connectivity index (χ0n) is 16.9. The Kier molecular flexibility index (Phi) is 5.26. The van der Waals surface area contributed by atoms with Gasteiger partial charge in [0.25, 0.3) is 0 Å². The molecule has 0 aromatic heterocycles. The third-order valence-corrected chi connectivity index (χ3v) is 7.24. The van der Waals surface area contributed by atoms with E-state index in [4.69, 9.17) is 4.74 Å². The van der Waals surface area contributed by atoms with Crippen molar-refractivity contribution in [3.05, 3.63) is 47.3 Å². The molecule has 4 heteroatoms. The van der Waals surface area contributed by atoms with Gasteiger partial charge in [0.1, 0.15) is 5.76 Å². The number of cyclic esters (lactones) is 1. The number of aliphatic hydroxyl groups is 2. The molecule has 0 aromatic rings. The van der Waals surface area contributed by atoms with Crippen molar-refractivity contribution in [1.82, 2.24) is 0 Å². The Labute approximate surface area is 162 Å². The molecule has 0 amide bonds. The molecule has 0 spiro atoms. The van der Waals surface area contributed by atoms with Crippen LogP contribution in [0, 0.1) is 22.7 Å². The van der Waals surface area contributed by atoms with E-state index in [1.165, 1.54) is 0 Å². The van der Waals surface area contributed by atoms with Gasteiger partial charge < -0.3 is 14.9 Å². The van der Waals surface area contributed by atoms with E-state index in [1.54, 1.807) is 6.08 Å². The average Bonchev–Trinajstić information content (AvgIpc) is 2.99. The summed E-state index contributed by atoms with van der Waals surface area (Å²) in [6.45, 7) is 12.4.